The predicted octanol–water partition coefficient (Wildman–Crippen LogP) is 4.63. The summed E-state index contributed by atoms with van der Waals surface area (Å²) < 4.78 is 0. The quantitative estimate of drug-likeness (QED) is 0.747. The standard InChI is InChI=1S/C17H28Cl2N2/c1-6-17(4,21(7-2)8-3)16(20-5)12-13-9-10-14(18)15(19)11-13/h9-11,16,20H,6-8,12H2,1-5H3. The Hall–Kier alpha value is -0.280. The molecule has 2 atom stereocenters. The Bertz CT molecular complexity index is 446. The van der Waals surface area contributed by atoms with E-state index in [4.69, 9.17) is 23.2 Å². The van der Waals surface area contributed by atoms with Gasteiger partial charge < -0.3 is 5.32 Å². The Morgan fingerprint density at radius 1 is 1.14 bits per heavy atom. The molecule has 0 bridgehead atoms. The molecule has 120 valence electrons. The second kappa shape index (κ2) is 8.38. The molecule has 0 aliphatic rings. The summed E-state index contributed by atoms with van der Waals surface area (Å²) in [4.78, 5) is 2.53. The highest BCUT2D eigenvalue weighted by molar-refractivity contribution is 6.42. The summed E-state index contributed by atoms with van der Waals surface area (Å²) in [6.45, 7) is 11.2. The average molecular weight is 331 g/mol. The van der Waals surface area contributed by atoms with Crippen LogP contribution in [-0.2, 0) is 6.42 Å². The third-order valence-electron chi connectivity index (χ3n) is 4.72. The third kappa shape index (κ3) is 4.35. The number of rotatable bonds is 8. The normalized spacial score (nSPS) is 16.0. The third-order valence-corrected chi connectivity index (χ3v) is 5.46. The average Bonchev–Trinajstić information content (AvgIpc) is 2.49. The second-order valence-corrected chi connectivity index (χ2v) is 6.49. The fourth-order valence-corrected chi connectivity index (χ4v) is 3.49. The molecule has 0 radical (unpaired) electrons. The zero-order chi connectivity index (χ0) is 16.0. The van der Waals surface area contributed by atoms with Crippen LogP contribution in [0.3, 0.4) is 0 Å². The number of benzene rings is 1. The van der Waals surface area contributed by atoms with E-state index in [9.17, 15) is 0 Å². The van der Waals surface area contributed by atoms with Crippen LogP contribution in [0.1, 0.15) is 39.7 Å². The number of halogens is 2. The summed E-state index contributed by atoms with van der Waals surface area (Å²) in [5.74, 6) is 0. The monoisotopic (exact) mass is 330 g/mol. The van der Waals surface area contributed by atoms with Crippen LogP contribution in [0.5, 0.6) is 0 Å². The molecule has 1 rings (SSSR count). The first kappa shape index (κ1) is 18.8. The van der Waals surface area contributed by atoms with Crippen molar-refractivity contribution in [2.45, 2.75) is 52.1 Å². The zero-order valence-corrected chi connectivity index (χ0v) is 15.4. The van der Waals surface area contributed by atoms with Gasteiger partial charge >= 0.3 is 0 Å². The van der Waals surface area contributed by atoms with E-state index in [-0.39, 0.29) is 5.54 Å². The van der Waals surface area contributed by atoms with Gasteiger partial charge in [0.05, 0.1) is 10.0 Å². The van der Waals surface area contributed by atoms with Crippen LogP contribution in [0, 0.1) is 0 Å². The minimum Gasteiger partial charge on any atom is -0.315 e. The molecule has 0 saturated carbocycles. The highest BCUT2D eigenvalue weighted by Crippen LogP contribution is 2.28. The summed E-state index contributed by atoms with van der Waals surface area (Å²) in [5, 5.41) is 4.75. The Morgan fingerprint density at radius 2 is 1.76 bits per heavy atom. The van der Waals surface area contributed by atoms with E-state index in [0.717, 1.165) is 25.9 Å². The molecule has 0 heterocycles. The molecule has 21 heavy (non-hydrogen) atoms. The van der Waals surface area contributed by atoms with E-state index in [1.54, 1.807) is 0 Å². The first-order valence-electron chi connectivity index (χ1n) is 7.79. The lowest BCUT2D eigenvalue weighted by Crippen LogP contribution is -2.59. The molecular weight excluding hydrogens is 303 g/mol. The zero-order valence-electron chi connectivity index (χ0n) is 13.8. The lowest BCUT2D eigenvalue weighted by Gasteiger charge is -2.46. The molecule has 0 amide bonds. The Morgan fingerprint density at radius 3 is 2.19 bits per heavy atom. The summed E-state index contributed by atoms with van der Waals surface area (Å²) in [5.41, 5.74) is 1.33. The molecule has 1 aromatic carbocycles. The van der Waals surface area contributed by atoms with Crippen LogP contribution in [0.4, 0.5) is 0 Å². The molecule has 0 aliphatic heterocycles. The van der Waals surface area contributed by atoms with E-state index in [2.05, 4.69) is 44.0 Å². The lowest BCUT2D eigenvalue weighted by molar-refractivity contribution is 0.0730. The van der Waals surface area contributed by atoms with E-state index in [1.807, 2.05) is 19.2 Å². The molecular formula is C17H28Cl2N2. The first-order valence-corrected chi connectivity index (χ1v) is 8.54. The van der Waals surface area contributed by atoms with Gasteiger partial charge in [-0.3, -0.25) is 4.90 Å². The van der Waals surface area contributed by atoms with Crippen molar-refractivity contribution >= 4 is 23.2 Å². The van der Waals surface area contributed by atoms with E-state index >= 15 is 0 Å². The van der Waals surface area contributed by atoms with Crippen LogP contribution in [0.15, 0.2) is 18.2 Å². The molecule has 4 heteroatoms. The van der Waals surface area contributed by atoms with E-state index in [0.29, 0.717) is 16.1 Å². The van der Waals surface area contributed by atoms with Crippen molar-refractivity contribution in [3.05, 3.63) is 33.8 Å². The van der Waals surface area contributed by atoms with Crippen LogP contribution in [0.25, 0.3) is 0 Å². The summed E-state index contributed by atoms with van der Waals surface area (Å²) >= 11 is 12.2. The Kier molecular flexibility index (Phi) is 7.49. The van der Waals surface area contributed by atoms with Gasteiger partial charge in [-0.05, 0) is 57.6 Å². The Labute approximate surface area is 139 Å². The number of hydrogen-bond donors (Lipinski definition) is 1. The van der Waals surface area contributed by atoms with Crippen LogP contribution < -0.4 is 5.32 Å². The van der Waals surface area contributed by atoms with Crippen molar-refractivity contribution in [2.24, 2.45) is 0 Å². The molecule has 0 spiro atoms. The van der Waals surface area contributed by atoms with Crippen molar-refractivity contribution in [3.8, 4) is 0 Å². The summed E-state index contributed by atoms with van der Waals surface area (Å²) in [6.07, 6.45) is 2.04. The van der Waals surface area contributed by atoms with Gasteiger partial charge in [0.1, 0.15) is 0 Å². The van der Waals surface area contributed by atoms with E-state index < -0.39 is 0 Å². The van der Waals surface area contributed by atoms with Gasteiger partial charge in [-0.2, -0.15) is 0 Å². The summed E-state index contributed by atoms with van der Waals surface area (Å²) in [7, 11) is 2.04. The highest BCUT2D eigenvalue weighted by atomic mass is 35.5. The highest BCUT2D eigenvalue weighted by Gasteiger charge is 2.36. The second-order valence-electron chi connectivity index (χ2n) is 5.68. The SMILES string of the molecule is CCN(CC)C(C)(CC)C(Cc1ccc(Cl)c(Cl)c1)NC. The van der Waals surface area contributed by atoms with Crippen molar-refractivity contribution in [1.82, 2.24) is 10.2 Å². The molecule has 1 aromatic rings. The maximum Gasteiger partial charge on any atom is 0.0595 e. The molecule has 2 unspecified atom stereocenters. The van der Waals surface area contributed by atoms with Gasteiger partial charge in [0.2, 0.25) is 0 Å². The lowest BCUT2D eigenvalue weighted by atomic mass is 9.83. The van der Waals surface area contributed by atoms with Crippen LogP contribution in [0.2, 0.25) is 10.0 Å². The van der Waals surface area contributed by atoms with Gasteiger partial charge in [-0.1, -0.05) is 50.0 Å². The minimum absolute atomic E-state index is 0.115. The van der Waals surface area contributed by atoms with Crippen molar-refractivity contribution < 1.29 is 0 Å². The first-order chi connectivity index (χ1) is 9.92. The smallest absolute Gasteiger partial charge is 0.0595 e. The minimum atomic E-state index is 0.115. The molecule has 0 saturated heterocycles. The van der Waals surface area contributed by atoms with E-state index in [1.165, 1.54) is 5.56 Å². The fraction of sp³-hybridized carbons (Fsp3) is 0.647. The Balaban J connectivity index is 3.01. The van der Waals surface area contributed by atoms with Crippen LogP contribution in [-0.4, -0.2) is 36.6 Å². The largest absolute Gasteiger partial charge is 0.315 e. The molecule has 0 fully saturated rings. The maximum absolute atomic E-state index is 6.14. The van der Waals surface area contributed by atoms with Gasteiger partial charge in [0.25, 0.3) is 0 Å². The summed E-state index contributed by atoms with van der Waals surface area (Å²) in [6, 6.07) is 6.29. The van der Waals surface area contributed by atoms with Crippen molar-refractivity contribution in [1.29, 1.82) is 0 Å². The van der Waals surface area contributed by atoms with Gasteiger partial charge in [-0.25, -0.2) is 0 Å². The van der Waals surface area contributed by atoms with Gasteiger partial charge in [-0.15, -0.1) is 0 Å². The topological polar surface area (TPSA) is 15.3 Å². The molecule has 2 nitrogen and oxygen atoms in total. The number of nitrogens with zero attached hydrogens (tertiary/aromatic N) is 1. The maximum atomic E-state index is 6.14. The van der Waals surface area contributed by atoms with Crippen molar-refractivity contribution in [3.63, 3.8) is 0 Å². The van der Waals surface area contributed by atoms with Gasteiger partial charge in [0, 0.05) is 11.6 Å². The number of hydrogen-bond acceptors (Lipinski definition) is 2. The fourth-order valence-electron chi connectivity index (χ4n) is 3.17. The van der Waals surface area contributed by atoms with Crippen LogP contribution >= 0.6 is 23.2 Å². The van der Waals surface area contributed by atoms with Gasteiger partial charge in [0.15, 0.2) is 0 Å². The number of nitrogens with one attached hydrogen (secondary N) is 1. The predicted molar refractivity (Wildman–Crippen MR) is 94.6 cm³/mol. The number of likely N-dealkylation sites (N-methyl/N-ethyl adjacent to an activating group) is 2. The van der Waals surface area contributed by atoms with Crippen molar-refractivity contribution in [2.75, 3.05) is 20.1 Å². The molecule has 1 N–H and O–H groups in total. The molecule has 0 aliphatic carbocycles. The molecule has 0 aromatic heterocycles.